The largest absolute Gasteiger partial charge is 0.481 e. The fourth-order valence-electron chi connectivity index (χ4n) is 1.27. The molecule has 0 aromatic rings. The third-order valence-corrected chi connectivity index (χ3v) is 1.84. The number of allylic oxidation sites excluding steroid dienone is 1. The van der Waals surface area contributed by atoms with Crippen molar-refractivity contribution in [3.05, 3.63) is 11.3 Å². The fourth-order valence-corrected chi connectivity index (χ4v) is 1.27. The second-order valence-corrected chi connectivity index (χ2v) is 3.01. The van der Waals surface area contributed by atoms with Crippen LogP contribution in [0.3, 0.4) is 0 Å². The lowest BCUT2D eigenvalue weighted by molar-refractivity contribution is -0.137. The lowest BCUT2D eigenvalue weighted by atomic mass is 10.1. The molecule has 0 saturated heterocycles. The zero-order chi connectivity index (χ0) is 10.0. The molecule has 1 aliphatic heterocycles. The molecule has 0 saturated carbocycles. The van der Waals surface area contributed by atoms with Crippen LogP contribution in [0.25, 0.3) is 0 Å². The molecule has 5 nitrogen and oxygen atoms in total. The summed E-state index contributed by atoms with van der Waals surface area (Å²) in [5, 5.41) is 14.1. The number of carbonyl (C=O) groups excluding carboxylic acids is 1. The highest BCUT2D eigenvalue weighted by molar-refractivity contribution is 5.98. The number of aliphatic carboxylic acids is 1. The second-order valence-electron chi connectivity index (χ2n) is 3.01. The molecule has 5 heteroatoms. The summed E-state index contributed by atoms with van der Waals surface area (Å²) in [7, 11) is 0. The van der Waals surface area contributed by atoms with E-state index in [-0.39, 0.29) is 18.5 Å². The minimum absolute atomic E-state index is 0.134. The third kappa shape index (κ3) is 2.21. The maximum atomic E-state index is 11.3. The molecule has 0 bridgehead atoms. The third-order valence-electron chi connectivity index (χ3n) is 1.84. The van der Waals surface area contributed by atoms with Gasteiger partial charge in [0.15, 0.2) is 0 Å². The van der Waals surface area contributed by atoms with Crippen LogP contribution >= 0.6 is 0 Å². The van der Waals surface area contributed by atoms with Gasteiger partial charge < -0.3 is 15.7 Å². The summed E-state index contributed by atoms with van der Waals surface area (Å²) in [6.45, 7) is 3.49. The van der Waals surface area contributed by atoms with Crippen LogP contribution in [0, 0.1) is 0 Å². The number of hydrogen-bond acceptors (Lipinski definition) is 3. The molecular weight excluding hydrogens is 172 g/mol. The summed E-state index contributed by atoms with van der Waals surface area (Å²) < 4.78 is 0. The van der Waals surface area contributed by atoms with Crippen molar-refractivity contribution in [2.24, 2.45) is 0 Å². The summed E-state index contributed by atoms with van der Waals surface area (Å²) >= 11 is 0. The Morgan fingerprint density at radius 1 is 1.54 bits per heavy atom. The van der Waals surface area contributed by atoms with Gasteiger partial charge in [0.2, 0.25) is 0 Å². The maximum absolute atomic E-state index is 11.3. The van der Waals surface area contributed by atoms with E-state index in [1.165, 1.54) is 0 Å². The molecule has 1 rings (SSSR count). The van der Waals surface area contributed by atoms with Gasteiger partial charge in [-0.3, -0.25) is 9.59 Å². The van der Waals surface area contributed by atoms with E-state index in [0.29, 0.717) is 11.3 Å². The Bertz CT molecular complexity index is 283. The Kier molecular flexibility index (Phi) is 2.55. The lowest BCUT2D eigenvalue weighted by Crippen LogP contribution is -2.48. The number of nitrogens with one attached hydrogen (secondary N) is 2. The predicted octanol–water partition coefficient (Wildman–Crippen LogP) is -0.200. The van der Waals surface area contributed by atoms with Gasteiger partial charge in [-0.05, 0) is 13.8 Å². The van der Waals surface area contributed by atoms with Crippen LogP contribution in [-0.2, 0) is 9.59 Å². The highest BCUT2D eigenvalue weighted by Gasteiger charge is 2.22. The summed E-state index contributed by atoms with van der Waals surface area (Å²) in [6, 6.07) is 0. The Morgan fingerprint density at radius 3 is 2.62 bits per heavy atom. The van der Waals surface area contributed by atoms with E-state index in [9.17, 15) is 9.59 Å². The van der Waals surface area contributed by atoms with Crippen molar-refractivity contribution in [2.45, 2.75) is 26.4 Å². The van der Waals surface area contributed by atoms with E-state index < -0.39 is 5.97 Å². The maximum Gasteiger partial charge on any atom is 0.308 e. The predicted molar refractivity (Wildman–Crippen MR) is 45.7 cm³/mol. The van der Waals surface area contributed by atoms with Gasteiger partial charge in [0.1, 0.15) is 0 Å². The van der Waals surface area contributed by atoms with Crippen LogP contribution in [-0.4, -0.2) is 23.1 Å². The van der Waals surface area contributed by atoms with Crippen molar-refractivity contribution in [2.75, 3.05) is 0 Å². The molecule has 13 heavy (non-hydrogen) atoms. The van der Waals surface area contributed by atoms with Crippen LogP contribution in [0.5, 0.6) is 0 Å². The average Bonchev–Trinajstić information content (AvgIpc) is 1.96. The second kappa shape index (κ2) is 3.47. The van der Waals surface area contributed by atoms with Crippen molar-refractivity contribution >= 4 is 11.9 Å². The highest BCUT2D eigenvalue weighted by Crippen LogP contribution is 2.11. The summed E-state index contributed by atoms with van der Waals surface area (Å²) in [6.07, 6.45) is -0.373. The van der Waals surface area contributed by atoms with Gasteiger partial charge in [-0.2, -0.15) is 0 Å². The summed E-state index contributed by atoms with van der Waals surface area (Å²) in [5.74, 6) is -1.30. The zero-order valence-electron chi connectivity index (χ0n) is 7.55. The first-order chi connectivity index (χ1) is 6.00. The zero-order valence-corrected chi connectivity index (χ0v) is 7.55. The molecule has 1 aliphatic rings. The van der Waals surface area contributed by atoms with Crippen LogP contribution in [0.15, 0.2) is 11.3 Å². The van der Waals surface area contributed by atoms with E-state index in [4.69, 9.17) is 5.11 Å². The Balaban J connectivity index is 2.85. The average molecular weight is 184 g/mol. The molecule has 0 spiro atoms. The van der Waals surface area contributed by atoms with Crippen molar-refractivity contribution < 1.29 is 14.7 Å². The SMILES string of the molecule is CC1=C(CC(=O)O)C(=O)NC(C)N1. The van der Waals surface area contributed by atoms with Crippen LogP contribution < -0.4 is 10.6 Å². The number of carboxylic acid groups (broad SMARTS) is 1. The highest BCUT2D eigenvalue weighted by atomic mass is 16.4. The standard InChI is InChI=1S/C8H12N2O3/c1-4-6(3-7(11)12)8(13)10-5(2)9-4/h5,9H,3H2,1-2H3,(H,10,13)(H,11,12). The quantitative estimate of drug-likeness (QED) is 0.555. The van der Waals surface area contributed by atoms with Crippen molar-refractivity contribution in [3.8, 4) is 0 Å². The molecule has 3 N–H and O–H groups in total. The molecule has 1 heterocycles. The molecule has 0 fully saturated rings. The van der Waals surface area contributed by atoms with Crippen LogP contribution in [0.4, 0.5) is 0 Å². The number of carbonyl (C=O) groups is 2. The Morgan fingerprint density at radius 2 is 2.15 bits per heavy atom. The van der Waals surface area contributed by atoms with Gasteiger partial charge in [-0.1, -0.05) is 0 Å². The molecular formula is C8H12N2O3. The number of amides is 1. The summed E-state index contributed by atoms with van der Waals surface area (Å²) in [4.78, 5) is 21.7. The monoisotopic (exact) mass is 184 g/mol. The normalized spacial score (nSPS) is 22.3. The van der Waals surface area contributed by atoms with Crippen molar-refractivity contribution in [3.63, 3.8) is 0 Å². The van der Waals surface area contributed by atoms with Crippen molar-refractivity contribution in [1.82, 2.24) is 10.6 Å². The smallest absolute Gasteiger partial charge is 0.308 e. The van der Waals surface area contributed by atoms with Gasteiger partial charge in [-0.15, -0.1) is 0 Å². The molecule has 0 aromatic carbocycles. The molecule has 0 aromatic heterocycles. The van der Waals surface area contributed by atoms with Gasteiger partial charge in [0.25, 0.3) is 5.91 Å². The Hall–Kier alpha value is -1.52. The van der Waals surface area contributed by atoms with E-state index >= 15 is 0 Å². The first-order valence-corrected chi connectivity index (χ1v) is 3.99. The Labute approximate surface area is 75.8 Å². The van der Waals surface area contributed by atoms with Crippen LogP contribution in [0.2, 0.25) is 0 Å². The van der Waals surface area contributed by atoms with E-state index in [0.717, 1.165) is 0 Å². The molecule has 0 aliphatic carbocycles. The molecule has 0 radical (unpaired) electrons. The lowest BCUT2D eigenvalue weighted by Gasteiger charge is -2.25. The van der Waals surface area contributed by atoms with Gasteiger partial charge >= 0.3 is 5.97 Å². The van der Waals surface area contributed by atoms with Gasteiger partial charge in [0, 0.05) is 11.3 Å². The molecule has 1 amide bonds. The van der Waals surface area contributed by atoms with Crippen LogP contribution in [0.1, 0.15) is 20.3 Å². The van der Waals surface area contributed by atoms with E-state index in [1.54, 1.807) is 13.8 Å². The first-order valence-electron chi connectivity index (χ1n) is 3.99. The number of carboxylic acids is 1. The van der Waals surface area contributed by atoms with Gasteiger partial charge in [-0.25, -0.2) is 0 Å². The number of hydrogen-bond donors (Lipinski definition) is 3. The number of rotatable bonds is 2. The summed E-state index contributed by atoms with van der Waals surface area (Å²) in [5.41, 5.74) is 0.934. The van der Waals surface area contributed by atoms with E-state index in [1.807, 2.05) is 0 Å². The minimum atomic E-state index is -0.999. The fraction of sp³-hybridized carbons (Fsp3) is 0.500. The first kappa shape index (κ1) is 9.57. The molecule has 1 unspecified atom stereocenters. The van der Waals surface area contributed by atoms with Gasteiger partial charge in [0.05, 0.1) is 12.6 Å². The molecule has 1 atom stereocenters. The van der Waals surface area contributed by atoms with Crippen molar-refractivity contribution in [1.29, 1.82) is 0 Å². The minimum Gasteiger partial charge on any atom is -0.481 e. The molecule has 72 valence electrons. The van der Waals surface area contributed by atoms with E-state index in [2.05, 4.69) is 10.6 Å². The topological polar surface area (TPSA) is 78.4 Å².